The first-order chi connectivity index (χ1) is 9.81. The van der Waals surface area contributed by atoms with Crippen molar-refractivity contribution < 1.29 is 23.8 Å². The number of aromatic carboxylic acids is 1. The maximum atomic E-state index is 13.3. The number of amides is 1. The first-order valence-corrected chi connectivity index (χ1v) is 6.80. The van der Waals surface area contributed by atoms with Crippen LogP contribution in [0.25, 0.3) is 0 Å². The Labute approximate surface area is 122 Å². The summed E-state index contributed by atoms with van der Waals surface area (Å²) in [6.45, 7) is 5.59. The van der Waals surface area contributed by atoms with Crippen LogP contribution in [-0.4, -0.2) is 29.2 Å². The molecule has 2 N–H and O–H groups in total. The predicted octanol–water partition coefficient (Wildman–Crippen LogP) is 2.52. The summed E-state index contributed by atoms with van der Waals surface area (Å²) in [5.41, 5.74) is -0.177. The van der Waals surface area contributed by atoms with E-state index in [1.54, 1.807) is 6.92 Å². The fourth-order valence-electron chi connectivity index (χ4n) is 2.74. The Kier molecular flexibility index (Phi) is 4.27. The molecule has 0 saturated carbocycles. The van der Waals surface area contributed by atoms with Gasteiger partial charge in [-0.25, -0.2) is 9.18 Å². The Hall–Kier alpha value is -1.95. The molecule has 1 aliphatic rings. The molecule has 1 aliphatic heterocycles. The molecule has 1 fully saturated rings. The van der Waals surface area contributed by atoms with Gasteiger partial charge >= 0.3 is 5.97 Å². The number of carboxylic acid groups (broad SMARTS) is 1. The Morgan fingerprint density at radius 1 is 1.24 bits per heavy atom. The number of hydrogen-bond donors (Lipinski definition) is 2. The van der Waals surface area contributed by atoms with Gasteiger partial charge in [-0.15, -0.1) is 0 Å². The van der Waals surface area contributed by atoms with E-state index in [2.05, 4.69) is 5.32 Å². The third-order valence-electron chi connectivity index (χ3n) is 4.01. The molecule has 0 aromatic heterocycles. The van der Waals surface area contributed by atoms with E-state index >= 15 is 0 Å². The average molecular weight is 295 g/mol. The van der Waals surface area contributed by atoms with Gasteiger partial charge < -0.3 is 15.2 Å². The summed E-state index contributed by atoms with van der Waals surface area (Å²) in [5, 5.41) is 11.6. The molecule has 6 heteroatoms. The third-order valence-corrected chi connectivity index (χ3v) is 4.01. The first-order valence-electron chi connectivity index (χ1n) is 6.80. The monoisotopic (exact) mass is 295 g/mol. The summed E-state index contributed by atoms with van der Waals surface area (Å²) < 4.78 is 18.9. The molecule has 0 bridgehead atoms. The van der Waals surface area contributed by atoms with Crippen LogP contribution in [0.1, 0.15) is 31.1 Å². The van der Waals surface area contributed by atoms with Crippen molar-refractivity contribution in [3.05, 3.63) is 29.6 Å². The largest absolute Gasteiger partial charge is 0.478 e. The van der Waals surface area contributed by atoms with E-state index in [1.807, 2.05) is 13.8 Å². The molecule has 1 aromatic rings. The lowest BCUT2D eigenvalue weighted by atomic mass is 9.88. The van der Waals surface area contributed by atoms with E-state index in [9.17, 15) is 14.0 Å². The van der Waals surface area contributed by atoms with Crippen molar-refractivity contribution in [2.45, 2.75) is 33.0 Å². The number of hydrogen-bond acceptors (Lipinski definition) is 3. The minimum absolute atomic E-state index is 0.00170. The smallest absolute Gasteiger partial charge is 0.337 e. The van der Waals surface area contributed by atoms with Crippen LogP contribution in [0.15, 0.2) is 18.2 Å². The zero-order chi connectivity index (χ0) is 15.7. The summed E-state index contributed by atoms with van der Waals surface area (Å²) >= 11 is 0. The topological polar surface area (TPSA) is 75.6 Å². The van der Waals surface area contributed by atoms with E-state index in [-0.39, 0.29) is 35.3 Å². The van der Waals surface area contributed by atoms with Crippen molar-refractivity contribution in [3.63, 3.8) is 0 Å². The van der Waals surface area contributed by atoms with Crippen LogP contribution in [0.3, 0.4) is 0 Å². The fourth-order valence-corrected chi connectivity index (χ4v) is 2.74. The van der Waals surface area contributed by atoms with Crippen LogP contribution in [0.5, 0.6) is 0 Å². The van der Waals surface area contributed by atoms with Gasteiger partial charge in [0.15, 0.2) is 0 Å². The summed E-state index contributed by atoms with van der Waals surface area (Å²) in [5.74, 6) is -2.57. The maximum absolute atomic E-state index is 13.3. The van der Waals surface area contributed by atoms with E-state index in [0.717, 1.165) is 18.2 Å². The zero-order valence-electron chi connectivity index (χ0n) is 12.1. The van der Waals surface area contributed by atoms with Crippen molar-refractivity contribution in [3.8, 4) is 0 Å². The first kappa shape index (κ1) is 15.4. The second-order valence-corrected chi connectivity index (χ2v) is 5.42. The highest BCUT2D eigenvalue weighted by Gasteiger charge is 2.41. The molecule has 114 valence electrons. The molecule has 4 atom stereocenters. The van der Waals surface area contributed by atoms with Gasteiger partial charge in [-0.05, 0) is 38.0 Å². The number of carboxylic acids is 1. The van der Waals surface area contributed by atoms with E-state index in [4.69, 9.17) is 9.84 Å². The minimum Gasteiger partial charge on any atom is -0.478 e. The van der Waals surface area contributed by atoms with Gasteiger partial charge in [0.1, 0.15) is 5.82 Å². The molecule has 2 rings (SSSR count). The Morgan fingerprint density at radius 2 is 1.90 bits per heavy atom. The second kappa shape index (κ2) is 5.81. The van der Waals surface area contributed by atoms with Crippen molar-refractivity contribution in [1.29, 1.82) is 0 Å². The molecule has 21 heavy (non-hydrogen) atoms. The van der Waals surface area contributed by atoms with Gasteiger partial charge in [-0.2, -0.15) is 0 Å². The van der Waals surface area contributed by atoms with Gasteiger partial charge in [0.2, 0.25) is 5.91 Å². The van der Waals surface area contributed by atoms with E-state index < -0.39 is 17.7 Å². The van der Waals surface area contributed by atoms with Crippen LogP contribution in [0.4, 0.5) is 10.1 Å². The number of anilines is 1. The van der Waals surface area contributed by atoms with Gasteiger partial charge in [0, 0.05) is 0 Å². The number of ether oxygens (including phenoxy) is 1. The predicted molar refractivity (Wildman–Crippen MR) is 74.7 cm³/mol. The zero-order valence-corrected chi connectivity index (χ0v) is 12.1. The highest BCUT2D eigenvalue weighted by molar-refractivity contribution is 6.01. The highest BCUT2D eigenvalue weighted by Crippen LogP contribution is 2.33. The van der Waals surface area contributed by atoms with Crippen molar-refractivity contribution in [2.75, 3.05) is 5.32 Å². The molecule has 0 spiro atoms. The normalized spacial score (nSPS) is 28.4. The second-order valence-electron chi connectivity index (χ2n) is 5.42. The third kappa shape index (κ3) is 3.05. The van der Waals surface area contributed by atoms with Crippen LogP contribution >= 0.6 is 0 Å². The molecule has 0 aliphatic carbocycles. The maximum Gasteiger partial charge on any atom is 0.337 e. The van der Waals surface area contributed by atoms with Gasteiger partial charge in [-0.3, -0.25) is 4.79 Å². The van der Waals surface area contributed by atoms with Crippen LogP contribution in [0, 0.1) is 17.7 Å². The fraction of sp³-hybridized carbons (Fsp3) is 0.467. The molecule has 1 aromatic carbocycles. The van der Waals surface area contributed by atoms with Gasteiger partial charge in [-0.1, -0.05) is 6.92 Å². The molecule has 1 heterocycles. The number of carbonyl (C=O) groups excluding carboxylic acids is 1. The molecule has 1 amide bonds. The van der Waals surface area contributed by atoms with E-state index in [0.29, 0.717) is 0 Å². The van der Waals surface area contributed by atoms with Crippen molar-refractivity contribution in [2.24, 2.45) is 11.8 Å². The molecular weight excluding hydrogens is 277 g/mol. The van der Waals surface area contributed by atoms with Crippen LogP contribution in [-0.2, 0) is 9.53 Å². The summed E-state index contributed by atoms with van der Waals surface area (Å²) in [7, 11) is 0. The molecule has 5 nitrogen and oxygen atoms in total. The van der Waals surface area contributed by atoms with Crippen molar-refractivity contribution in [1.82, 2.24) is 0 Å². The Morgan fingerprint density at radius 3 is 2.43 bits per heavy atom. The SMILES string of the molecule is CC1OC(C)C(C(=O)Nc2cc(F)ccc2C(=O)O)C1C. The number of halogens is 1. The quantitative estimate of drug-likeness (QED) is 0.898. The lowest BCUT2D eigenvalue weighted by Gasteiger charge is -2.18. The lowest BCUT2D eigenvalue weighted by Crippen LogP contribution is -2.32. The average Bonchev–Trinajstić information content (AvgIpc) is 2.62. The molecular formula is C15H18FNO4. The summed E-state index contributed by atoms with van der Waals surface area (Å²) in [6.07, 6.45) is -0.320. The summed E-state index contributed by atoms with van der Waals surface area (Å²) in [6, 6.07) is 3.19. The minimum atomic E-state index is -1.22. The van der Waals surface area contributed by atoms with E-state index in [1.165, 1.54) is 0 Å². The standard InChI is InChI=1S/C15H18FNO4/c1-7-8(2)21-9(3)13(7)14(18)17-12-6-10(16)4-5-11(12)15(19)20/h4-9,13H,1-3H3,(H,17,18)(H,19,20). The van der Waals surface area contributed by atoms with Gasteiger partial charge in [0.25, 0.3) is 0 Å². The van der Waals surface area contributed by atoms with Crippen LogP contribution < -0.4 is 5.32 Å². The summed E-state index contributed by atoms with van der Waals surface area (Å²) in [4.78, 5) is 23.5. The number of benzene rings is 1. The Balaban J connectivity index is 2.24. The lowest BCUT2D eigenvalue weighted by molar-refractivity contribution is -0.121. The van der Waals surface area contributed by atoms with Crippen LogP contribution in [0.2, 0.25) is 0 Å². The molecule has 4 unspecified atom stereocenters. The van der Waals surface area contributed by atoms with Gasteiger partial charge in [0.05, 0.1) is 29.4 Å². The Bertz CT molecular complexity index is 575. The highest BCUT2D eigenvalue weighted by atomic mass is 19.1. The molecule has 0 radical (unpaired) electrons. The molecule has 1 saturated heterocycles. The number of rotatable bonds is 3. The van der Waals surface area contributed by atoms with Crippen molar-refractivity contribution >= 4 is 17.6 Å². The number of nitrogens with one attached hydrogen (secondary N) is 1. The number of carbonyl (C=O) groups is 2.